The van der Waals surface area contributed by atoms with Crippen LogP contribution in [0.25, 0.3) is 0 Å². The maximum atomic E-state index is 11.8. The minimum atomic E-state index is -1.06. The van der Waals surface area contributed by atoms with Crippen molar-refractivity contribution in [1.29, 1.82) is 0 Å². The Balaban J connectivity index is 2.61. The summed E-state index contributed by atoms with van der Waals surface area (Å²) in [5.74, 6) is -1.36. The SMILES string of the molecule is N[C@@H](CC(=O)O)C(=O)C1(N)CCCCC1. The van der Waals surface area contributed by atoms with Gasteiger partial charge in [0.25, 0.3) is 0 Å². The van der Waals surface area contributed by atoms with E-state index in [1.54, 1.807) is 0 Å². The lowest BCUT2D eigenvalue weighted by Gasteiger charge is -2.33. The third-order valence-electron chi connectivity index (χ3n) is 2.97. The van der Waals surface area contributed by atoms with E-state index in [0.717, 1.165) is 19.3 Å². The third-order valence-corrected chi connectivity index (χ3v) is 2.97. The summed E-state index contributed by atoms with van der Waals surface area (Å²) in [6.45, 7) is 0. The van der Waals surface area contributed by atoms with Crippen LogP contribution in [0.1, 0.15) is 38.5 Å². The molecule has 0 bridgehead atoms. The number of carboxylic acids is 1. The smallest absolute Gasteiger partial charge is 0.305 e. The first-order valence-electron chi connectivity index (χ1n) is 5.26. The average Bonchev–Trinajstić information content (AvgIpc) is 2.16. The second-order valence-electron chi connectivity index (χ2n) is 4.29. The van der Waals surface area contributed by atoms with Gasteiger partial charge in [-0.25, -0.2) is 0 Å². The molecule has 86 valence electrons. The summed E-state index contributed by atoms with van der Waals surface area (Å²) in [7, 11) is 0. The Morgan fingerprint density at radius 3 is 2.27 bits per heavy atom. The van der Waals surface area contributed by atoms with Crippen LogP contribution >= 0.6 is 0 Å². The molecule has 0 heterocycles. The second kappa shape index (κ2) is 4.72. The fourth-order valence-corrected chi connectivity index (χ4v) is 2.08. The Bertz CT molecular complexity index is 259. The topological polar surface area (TPSA) is 106 Å². The summed E-state index contributed by atoms with van der Waals surface area (Å²) in [5, 5.41) is 8.54. The van der Waals surface area contributed by atoms with Crippen molar-refractivity contribution in [2.45, 2.75) is 50.1 Å². The number of carbonyl (C=O) groups is 2. The van der Waals surface area contributed by atoms with E-state index < -0.39 is 17.6 Å². The molecule has 1 aliphatic rings. The molecule has 0 aromatic rings. The van der Waals surface area contributed by atoms with E-state index >= 15 is 0 Å². The van der Waals surface area contributed by atoms with Gasteiger partial charge in [0, 0.05) is 0 Å². The molecule has 0 aromatic carbocycles. The molecule has 1 aliphatic carbocycles. The molecule has 1 saturated carbocycles. The van der Waals surface area contributed by atoms with Gasteiger partial charge in [0.2, 0.25) is 0 Å². The molecule has 0 aromatic heterocycles. The van der Waals surface area contributed by atoms with Gasteiger partial charge < -0.3 is 16.6 Å². The first-order valence-corrected chi connectivity index (χ1v) is 5.26. The average molecular weight is 214 g/mol. The Hall–Kier alpha value is -0.940. The zero-order valence-corrected chi connectivity index (χ0v) is 8.74. The van der Waals surface area contributed by atoms with Crippen LogP contribution in [0.15, 0.2) is 0 Å². The van der Waals surface area contributed by atoms with E-state index in [9.17, 15) is 9.59 Å². The predicted molar refractivity (Wildman–Crippen MR) is 55.2 cm³/mol. The number of rotatable bonds is 4. The van der Waals surface area contributed by atoms with Crippen LogP contribution < -0.4 is 11.5 Å². The van der Waals surface area contributed by atoms with E-state index in [-0.39, 0.29) is 12.2 Å². The molecule has 5 nitrogen and oxygen atoms in total. The van der Waals surface area contributed by atoms with Gasteiger partial charge in [-0.3, -0.25) is 9.59 Å². The summed E-state index contributed by atoms with van der Waals surface area (Å²) in [5.41, 5.74) is 10.6. The van der Waals surface area contributed by atoms with Crippen molar-refractivity contribution in [2.24, 2.45) is 11.5 Å². The van der Waals surface area contributed by atoms with Crippen LogP contribution in [0, 0.1) is 0 Å². The van der Waals surface area contributed by atoms with E-state index in [1.165, 1.54) is 0 Å². The lowest BCUT2D eigenvalue weighted by atomic mass is 9.77. The summed E-state index contributed by atoms with van der Waals surface area (Å²) in [6.07, 6.45) is 3.83. The molecular formula is C10H18N2O3. The quantitative estimate of drug-likeness (QED) is 0.611. The van der Waals surface area contributed by atoms with Crippen molar-refractivity contribution >= 4 is 11.8 Å². The molecule has 15 heavy (non-hydrogen) atoms. The highest BCUT2D eigenvalue weighted by Crippen LogP contribution is 2.27. The summed E-state index contributed by atoms with van der Waals surface area (Å²) in [4.78, 5) is 22.3. The molecule has 0 unspecified atom stereocenters. The fraction of sp³-hybridized carbons (Fsp3) is 0.800. The van der Waals surface area contributed by atoms with Crippen molar-refractivity contribution in [2.75, 3.05) is 0 Å². The van der Waals surface area contributed by atoms with Gasteiger partial charge in [-0.15, -0.1) is 0 Å². The minimum absolute atomic E-state index is 0.301. The Morgan fingerprint density at radius 1 is 1.27 bits per heavy atom. The van der Waals surface area contributed by atoms with Crippen LogP contribution in [0.4, 0.5) is 0 Å². The molecule has 0 saturated heterocycles. The molecule has 0 amide bonds. The summed E-state index contributed by atoms with van der Waals surface area (Å²) >= 11 is 0. The molecular weight excluding hydrogens is 196 g/mol. The maximum absolute atomic E-state index is 11.8. The Kier molecular flexibility index (Phi) is 3.82. The zero-order valence-electron chi connectivity index (χ0n) is 8.74. The van der Waals surface area contributed by atoms with Crippen LogP contribution in [-0.2, 0) is 9.59 Å². The van der Waals surface area contributed by atoms with E-state index in [0.29, 0.717) is 12.8 Å². The largest absolute Gasteiger partial charge is 0.481 e. The molecule has 0 radical (unpaired) electrons. The lowest BCUT2D eigenvalue weighted by molar-refractivity contribution is -0.140. The fourth-order valence-electron chi connectivity index (χ4n) is 2.08. The van der Waals surface area contributed by atoms with Gasteiger partial charge in [0.05, 0.1) is 18.0 Å². The molecule has 1 atom stereocenters. The highest BCUT2D eigenvalue weighted by atomic mass is 16.4. The van der Waals surface area contributed by atoms with Gasteiger partial charge in [0.1, 0.15) is 0 Å². The van der Waals surface area contributed by atoms with E-state index in [2.05, 4.69) is 0 Å². The molecule has 1 rings (SSSR count). The summed E-state index contributed by atoms with van der Waals surface area (Å²) < 4.78 is 0. The monoisotopic (exact) mass is 214 g/mol. The number of hydrogen-bond donors (Lipinski definition) is 3. The highest BCUT2D eigenvalue weighted by molar-refractivity contribution is 5.95. The molecule has 5 heteroatoms. The molecule has 0 spiro atoms. The van der Waals surface area contributed by atoms with Crippen LogP contribution in [0.2, 0.25) is 0 Å². The highest BCUT2D eigenvalue weighted by Gasteiger charge is 2.38. The van der Waals surface area contributed by atoms with Crippen LogP contribution in [0.5, 0.6) is 0 Å². The van der Waals surface area contributed by atoms with Gasteiger partial charge in [-0.1, -0.05) is 19.3 Å². The van der Waals surface area contributed by atoms with Crippen molar-refractivity contribution in [1.82, 2.24) is 0 Å². The first-order chi connectivity index (χ1) is 6.96. The Morgan fingerprint density at radius 2 is 1.80 bits per heavy atom. The predicted octanol–water partition coefficient (Wildman–Crippen LogP) is 0.0191. The number of carbonyl (C=O) groups excluding carboxylic acids is 1. The number of Topliss-reactive ketones (excluding diaryl/α,β-unsaturated/α-hetero) is 1. The van der Waals surface area contributed by atoms with Crippen LogP contribution in [-0.4, -0.2) is 28.4 Å². The zero-order chi connectivity index (χ0) is 11.5. The van der Waals surface area contributed by atoms with Gasteiger partial charge in [0.15, 0.2) is 5.78 Å². The first kappa shape index (κ1) is 12.1. The minimum Gasteiger partial charge on any atom is -0.481 e. The van der Waals surface area contributed by atoms with Crippen molar-refractivity contribution in [3.8, 4) is 0 Å². The maximum Gasteiger partial charge on any atom is 0.305 e. The van der Waals surface area contributed by atoms with E-state index in [4.69, 9.17) is 16.6 Å². The number of nitrogens with two attached hydrogens (primary N) is 2. The Labute approximate surface area is 88.8 Å². The van der Waals surface area contributed by atoms with Gasteiger partial charge >= 0.3 is 5.97 Å². The number of ketones is 1. The number of aliphatic carboxylic acids is 1. The van der Waals surface area contributed by atoms with Gasteiger partial charge in [-0.05, 0) is 12.8 Å². The molecule has 1 fully saturated rings. The molecule has 5 N–H and O–H groups in total. The van der Waals surface area contributed by atoms with Crippen LogP contribution in [0.3, 0.4) is 0 Å². The van der Waals surface area contributed by atoms with Crippen molar-refractivity contribution < 1.29 is 14.7 Å². The second-order valence-corrected chi connectivity index (χ2v) is 4.29. The summed E-state index contributed by atoms with van der Waals surface area (Å²) in [6, 6.07) is -0.967. The number of carboxylic acid groups (broad SMARTS) is 1. The third kappa shape index (κ3) is 3.00. The van der Waals surface area contributed by atoms with Gasteiger partial charge in [-0.2, -0.15) is 0 Å². The van der Waals surface area contributed by atoms with Crippen molar-refractivity contribution in [3.63, 3.8) is 0 Å². The normalized spacial score (nSPS) is 22.0. The van der Waals surface area contributed by atoms with E-state index in [1.807, 2.05) is 0 Å². The standard InChI is InChI=1S/C10H18N2O3/c11-7(6-8(13)14)9(15)10(12)4-2-1-3-5-10/h7H,1-6,11-12H2,(H,13,14)/t7-/m0/s1. The lowest BCUT2D eigenvalue weighted by Crippen LogP contribution is -2.56. The van der Waals surface area contributed by atoms with Crippen molar-refractivity contribution in [3.05, 3.63) is 0 Å². The molecule has 0 aliphatic heterocycles. The number of hydrogen-bond acceptors (Lipinski definition) is 4.